The molecule has 0 unspecified atom stereocenters. The molecule has 0 spiro atoms. The fourth-order valence-electron chi connectivity index (χ4n) is 5.40. The molecule has 6 rings (SSSR count). The molecule has 0 saturated carbocycles. The lowest BCUT2D eigenvalue weighted by Gasteiger charge is -2.13. The molecule has 0 fully saturated rings. The Balaban J connectivity index is 0.000000235. The lowest BCUT2D eigenvalue weighted by atomic mass is 10.1. The predicted octanol–water partition coefficient (Wildman–Crippen LogP) is 9.83. The first-order chi connectivity index (χ1) is 29.2. The van der Waals surface area contributed by atoms with Gasteiger partial charge in [-0.2, -0.15) is 8.78 Å². The molecule has 0 saturated heterocycles. The number of carbonyl (C=O) groups excluding carboxylic acids is 2. The molecule has 6 N–H and O–H groups in total. The van der Waals surface area contributed by atoms with E-state index in [9.17, 15) is 35.2 Å². The average molecular weight is 969 g/mol. The zero-order chi connectivity index (χ0) is 45.2. The lowest BCUT2D eigenvalue weighted by Crippen LogP contribution is -2.17. The van der Waals surface area contributed by atoms with Crippen molar-refractivity contribution in [3.05, 3.63) is 159 Å². The second-order valence-corrected chi connectivity index (χ2v) is 17.5. The number of alkyl halides is 2. The van der Waals surface area contributed by atoms with Gasteiger partial charge in [-0.25, -0.2) is 27.1 Å². The number of carbonyl (C=O) groups is 2. The molecule has 0 bridgehead atoms. The van der Waals surface area contributed by atoms with Crippen molar-refractivity contribution in [1.29, 1.82) is 0 Å². The molecule has 21 heteroatoms. The first kappa shape index (κ1) is 47.5. The van der Waals surface area contributed by atoms with Crippen LogP contribution in [0.15, 0.2) is 137 Å². The minimum atomic E-state index is -4.21. The molecule has 62 heavy (non-hydrogen) atoms. The number of primary sulfonamides is 2. The summed E-state index contributed by atoms with van der Waals surface area (Å²) in [6, 6.07) is 31.4. The zero-order valence-corrected chi connectivity index (χ0v) is 36.2. The summed E-state index contributed by atoms with van der Waals surface area (Å²) in [4.78, 5) is 24.1. The first-order valence-electron chi connectivity index (χ1n) is 17.5. The van der Waals surface area contributed by atoms with E-state index in [2.05, 4.69) is 15.4 Å². The molecule has 0 radical (unpaired) electrons. The number of hydrogen-bond donors (Lipinski definition) is 4. The Morgan fingerprint density at radius 2 is 1.02 bits per heavy atom. The van der Waals surface area contributed by atoms with Gasteiger partial charge in [0.1, 0.15) is 38.5 Å². The summed E-state index contributed by atoms with van der Waals surface area (Å²) < 4.78 is 88.9. The molecule has 0 heterocycles. The maximum atomic E-state index is 12.5. The van der Waals surface area contributed by atoms with Gasteiger partial charge in [0.2, 0.25) is 31.9 Å². The number of anilines is 2. The fraction of sp³-hybridized carbons (Fsp3) is 0.0732. The summed E-state index contributed by atoms with van der Waals surface area (Å²) in [7, 11) is -8.35. The summed E-state index contributed by atoms with van der Waals surface area (Å²) in [5, 5.41) is 17.4. The van der Waals surface area contributed by atoms with Crippen molar-refractivity contribution < 1.29 is 49.4 Å². The highest BCUT2D eigenvalue weighted by molar-refractivity contribution is 7.89. The number of amides is 2. The van der Waals surface area contributed by atoms with Crippen LogP contribution in [0.25, 0.3) is 0 Å². The van der Waals surface area contributed by atoms with Gasteiger partial charge in [-0.3, -0.25) is 9.59 Å². The Morgan fingerprint density at radius 3 is 1.48 bits per heavy atom. The molecule has 0 aromatic heterocycles. The van der Waals surface area contributed by atoms with Crippen molar-refractivity contribution >= 4 is 89.6 Å². The van der Waals surface area contributed by atoms with Gasteiger partial charge in [-0.1, -0.05) is 76.7 Å². The van der Waals surface area contributed by atoms with Crippen molar-refractivity contribution in [2.24, 2.45) is 10.3 Å². The number of rotatable bonds is 14. The van der Waals surface area contributed by atoms with Gasteiger partial charge in [0.15, 0.2) is 0 Å². The normalized spacial score (nSPS) is 11.2. The summed E-state index contributed by atoms with van der Waals surface area (Å²) in [5.74, 6) is -0.580. The van der Waals surface area contributed by atoms with Crippen LogP contribution >= 0.6 is 46.4 Å². The zero-order valence-electron chi connectivity index (χ0n) is 31.5. The quantitative estimate of drug-likeness (QED) is 0.0818. The Labute approximate surface area is 374 Å². The summed E-state index contributed by atoms with van der Waals surface area (Å²) in [5.41, 5.74) is 1.11. The van der Waals surface area contributed by atoms with Crippen LogP contribution in [0.4, 0.5) is 20.2 Å². The Bertz CT molecular complexity index is 2840. The van der Waals surface area contributed by atoms with Crippen LogP contribution in [0.3, 0.4) is 0 Å². The van der Waals surface area contributed by atoms with Crippen molar-refractivity contribution in [1.82, 2.24) is 0 Å². The monoisotopic (exact) mass is 966 g/mol. The average Bonchev–Trinajstić information content (AvgIpc) is 3.17. The topological polar surface area (TPSA) is 206 Å². The van der Waals surface area contributed by atoms with Crippen LogP contribution in [-0.4, -0.2) is 35.3 Å². The SMILES string of the molecule is NS(=O)(=O)c1cc(NC(=O)Cc2cc(Cl)ccc2Cl)ccc1Oc1cccc(Cl)c1.NS(=O)(=O)c1cc(NC(=O)Cc2ccccc2OC(F)F)ccc1Oc1cccc(Cl)c1. The van der Waals surface area contributed by atoms with Gasteiger partial charge in [0.05, 0.1) is 12.8 Å². The third-order valence-electron chi connectivity index (χ3n) is 8.01. The molecule has 0 aliphatic heterocycles. The van der Waals surface area contributed by atoms with Gasteiger partial charge in [-0.05, 0) is 103 Å². The molecular weight excluding hydrogens is 936 g/mol. The van der Waals surface area contributed by atoms with Crippen LogP contribution in [0.1, 0.15) is 11.1 Å². The van der Waals surface area contributed by atoms with E-state index in [0.29, 0.717) is 31.4 Å². The Kier molecular flexibility index (Phi) is 16.1. The molecule has 0 aliphatic rings. The van der Waals surface area contributed by atoms with Crippen LogP contribution in [0.2, 0.25) is 20.1 Å². The Hall–Kier alpha value is -5.50. The first-order valence-corrected chi connectivity index (χ1v) is 22.1. The summed E-state index contributed by atoms with van der Waals surface area (Å²) in [6.45, 7) is -3.04. The fourth-order valence-corrected chi connectivity index (χ4v) is 7.50. The van der Waals surface area contributed by atoms with E-state index in [0.717, 1.165) is 6.07 Å². The minimum absolute atomic E-state index is 0.00403. The molecule has 0 aliphatic carbocycles. The Morgan fingerprint density at radius 1 is 0.548 bits per heavy atom. The van der Waals surface area contributed by atoms with Crippen molar-refractivity contribution in [2.75, 3.05) is 10.6 Å². The number of nitrogens with two attached hydrogens (primary N) is 2. The summed E-state index contributed by atoms with van der Waals surface area (Å²) >= 11 is 23.8. The number of para-hydroxylation sites is 1. The van der Waals surface area contributed by atoms with E-state index >= 15 is 0 Å². The smallest absolute Gasteiger partial charge is 0.387 e. The number of hydrogen-bond acceptors (Lipinski definition) is 9. The second-order valence-electron chi connectivity index (χ2n) is 12.7. The van der Waals surface area contributed by atoms with E-state index in [-0.39, 0.29) is 62.6 Å². The molecular formula is C41H32Cl4F2N4O9S2. The van der Waals surface area contributed by atoms with E-state index in [1.54, 1.807) is 60.7 Å². The molecule has 13 nitrogen and oxygen atoms in total. The maximum Gasteiger partial charge on any atom is 0.387 e. The molecule has 2 amide bonds. The van der Waals surface area contributed by atoms with E-state index in [1.165, 1.54) is 60.7 Å². The van der Waals surface area contributed by atoms with Crippen LogP contribution in [-0.2, 0) is 42.5 Å². The molecule has 6 aromatic rings. The molecule has 324 valence electrons. The van der Waals surface area contributed by atoms with E-state index in [1.807, 2.05) is 0 Å². The maximum absolute atomic E-state index is 12.5. The number of sulfonamides is 2. The third-order valence-corrected chi connectivity index (χ3v) is 11.0. The highest BCUT2D eigenvalue weighted by Crippen LogP contribution is 2.34. The number of halogens is 6. The number of nitrogens with one attached hydrogen (secondary N) is 2. The van der Waals surface area contributed by atoms with Crippen LogP contribution in [0, 0.1) is 0 Å². The van der Waals surface area contributed by atoms with Gasteiger partial charge in [0.25, 0.3) is 0 Å². The molecule has 0 atom stereocenters. The van der Waals surface area contributed by atoms with Gasteiger partial charge >= 0.3 is 6.61 Å². The standard InChI is InChI=1S/C21H17ClF2N2O5S.C20H15Cl3N2O4S/c22-14-5-3-6-16(11-14)30-18-9-8-15(12-19(18)32(25,28)29)26-20(27)10-13-4-1-2-7-17(13)31-21(23)24;21-13-2-1-3-16(10-13)29-18-7-5-15(11-19(18)30(24,27)28)25-20(26)9-12-8-14(22)4-6-17(12)23/h1-9,11-12,21H,10H2,(H,26,27)(H2,25,28,29);1-8,10-11H,9H2,(H,25,26)(H2,24,27,28). The number of benzene rings is 6. The lowest BCUT2D eigenvalue weighted by molar-refractivity contribution is -0.116. The van der Waals surface area contributed by atoms with Crippen molar-refractivity contribution in [2.45, 2.75) is 29.2 Å². The predicted molar refractivity (Wildman–Crippen MR) is 233 cm³/mol. The van der Waals surface area contributed by atoms with Gasteiger partial charge in [-0.15, -0.1) is 0 Å². The van der Waals surface area contributed by atoms with Crippen molar-refractivity contribution in [3.63, 3.8) is 0 Å². The van der Waals surface area contributed by atoms with Crippen LogP contribution < -0.4 is 35.1 Å². The van der Waals surface area contributed by atoms with Gasteiger partial charge in [0, 0.05) is 37.0 Å². The second kappa shape index (κ2) is 21.0. The summed E-state index contributed by atoms with van der Waals surface area (Å²) in [6.07, 6.45) is -0.334. The highest BCUT2D eigenvalue weighted by Gasteiger charge is 2.20. The van der Waals surface area contributed by atoms with Crippen molar-refractivity contribution in [3.8, 4) is 28.7 Å². The molecule has 6 aromatic carbocycles. The minimum Gasteiger partial charge on any atom is -0.456 e. The third kappa shape index (κ3) is 14.3. The number of ether oxygens (including phenoxy) is 3. The van der Waals surface area contributed by atoms with E-state index in [4.69, 9.17) is 66.2 Å². The highest BCUT2D eigenvalue weighted by atomic mass is 35.5. The largest absolute Gasteiger partial charge is 0.456 e. The van der Waals surface area contributed by atoms with Crippen LogP contribution in [0.5, 0.6) is 28.7 Å². The van der Waals surface area contributed by atoms with Gasteiger partial charge < -0.3 is 24.8 Å². The van der Waals surface area contributed by atoms with E-state index < -0.39 is 38.5 Å².